The minimum absolute atomic E-state index is 0.154. The van der Waals surface area contributed by atoms with Crippen LogP contribution in [0.3, 0.4) is 0 Å². The molecular formula is C25H25N3O5S. The molecule has 0 saturated heterocycles. The summed E-state index contributed by atoms with van der Waals surface area (Å²) < 4.78 is 16.5. The molecule has 3 aromatic rings. The molecule has 2 aromatic carbocycles. The minimum atomic E-state index is -0.296. The average molecular weight is 480 g/mol. The number of hydrogen-bond donors (Lipinski definition) is 1. The van der Waals surface area contributed by atoms with Crippen LogP contribution in [0.1, 0.15) is 29.8 Å². The summed E-state index contributed by atoms with van der Waals surface area (Å²) in [4.78, 5) is 25.4. The molecule has 0 radical (unpaired) electrons. The molecule has 1 atom stereocenters. The fraction of sp³-hybridized carbons (Fsp3) is 0.240. The summed E-state index contributed by atoms with van der Waals surface area (Å²) in [5.74, 6) is 1.31. The summed E-state index contributed by atoms with van der Waals surface area (Å²) in [6, 6.07) is 16.1. The summed E-state index contributed by atoms with van der Waals surface area (Å²) in [7, 11) is 3.17. The van der Waals surface area contributed by atoms with Gasteiger partial charge in [-0.2, -0.15) is 5.10 Å². The molecule has 2 amide bonds. The zero-order chi connectivity index (χ0) is 24.1. The fourth-order valence-electron chi connectivity index (χ4n) is 3.70. The second-order valence-electron chi connectivity index (χ2n) is 7.59. The summed E-state index contributed by atoms with van der Waals surface area (Å²) in [5, 5.41) is 10.8. The van der Waals surface area contributed by atoms with Gasteiger partial charge in [0.1, 0.15) is 5.75 Å². The van der Waals surface area contributed by atoms with Crippen molar-refractivity contribution in [2.24, 2.45) is 5.10 Å². The van der Waals surface area contributed by atoms with Gasteiger partial charge in [0.25, 0.3) is 5.91 Å². The van der Waals surface area contributed by atoms with E-state index in [1.165, 1.54) is 11.9 Å². The molecule has 0 aliphatic carbocycles. The number of thiophene rings is 1. The van der Waals surface area contributed by atoms with Gasteiger partial charge in [-0.3, -0.25) is 9.59 Å². The summed E-state index contributed by atoms with van der Waals surface area (Å²) >= 11 is 1.59. The van der Waals surface area contributed by atoms with E-state index in [0.717, 1.165) is 16.2 Å². The van der Waals surface area contributed by atoms with Crippen LogP contribution in [0, 0.1) is 0 Å². The van der Waals surface area contributed by atoms with Crippen LogP contribution in [0.5, 0.6) is 17.2 Å². The van der Waals surface area contributed by atoms with Gasteiger partial charge in [0.2, 0.25) is 5.91 Å². The van der Waals surface area contributed by atoms with Crippen LogP contribution in [0.15, 0.2) is 65.1 Å². The molecule has 176 valence electrons. The lowest BCUT2D eigenvalue weighted by Crippen LogP contribution is -2.31. The molecule has 1 unspecified atom stereocenters. The van der Waals surface area contributed by atoms with Crippen LogP contribution in [0.4, 0.5) is 5.69 Å². The Balaban J connectivity index is 1.53. The summed E-state index contributed by atoms with van der Waals surface area (Å²) in [6.07, 6.45) is 0.577. The number of amides is 2. The molecule has 1 aliphatic rings. The maximum absolute atomic E-state index is 13.2. The van der Waals surface area contributed by atoms with Crippen molar-refractivity contribution in [1.29, 1.82) is 0 Å². The van der Waals surface area contributed by atoms with Gasteiger partial charge in [0.05, 0.1) is 30.9 Å². The van der Waals surface area contributed by atoms with Gasteiger partial charge >= 0.3 is 0 Å². The number of benzene rings is 2. The molecule has 1 N–H and O–H groups in total. The SMILES string of the molecule is COc1ccc(C2CC(c3cccs3)=NN2C(=O)COc2ccc(NC(C)=O)cc2)cc1OC. The number of carbonyl (C=O) groups excluding carboxylic acids is 2. The van der Waals surface area contributed by atoms with Crippen molar-refractivity contribution in [3.05, 3.63) is 70.4 Å². The number of hydrazone groups is 1. The number of anilines is 1. The monoisotopic (exact) mass is 479 g/mol. The van der Waals surface area contributed by atoms with E-state index in [9.17, 15) is 9.59 Å². The molecular weight excluding hydrogens is 454 g/mol. The Morgan fingerprint density at radius 1 is 1.09 bits per heavy atom. The Labute approximate surface area is 201 Å². The van der Waals surface area contributed by atoms with Crippen molar-refractivity contribution in [1.82, 2.24) is 5.01 Å². The molecule has 0 bridgehead atoms. The van der Waals surface area contributed by atoms with E-state index in [1.807, 2.05) is 35.7 Å². The molecule has 9 heteroatoms. The Kier molecular flexibility index (Phi) is 7.12. The minimum Gasteiger partial charge on any atom is -0.493 e. The largest absolute Gasteiger partial charge is 0.493 e. The van der Waals surface area contributed by atoms with Gasteiger partial charge < -0.3 is 19.5 Å². The number of rotatable bonds is 8. The average Bonchev–Trinajstić information content (AvgIpc) is 3.53. The van der Waals surface area contributed by atoms with Crippen LogP contribution in [0.25, 0.3) is 0 Å². The summed E-state index contributed by atoms with van der Waals surface area (Å²) in [5.41, 5.74) is 2.40. The van der Waals surface area contributed by atoms with Crippen molar-refractivity contribution >= 4 is 34.6 Å². The summed E-state index contributed by atoms with van der Waals surface area (Å²) in [6.45, 7) is 1.27. The molecule has 0 saturated carbocycles. The lowest BCUT2D eigenvalue weighted by molar-refractivity contribution is -0.135. The highest BCUT2D eigenvalue weighted by Crippen LogP contribution is 2.38. The number of nitrogens with zero attached hydrogens (tertiary/aromatic N) is 2. The number of carbonyl (C=O) groups is 2. The zero-order valence-electron chi connectivity index (χ0n) is 19.1. The third-order valence-electron chi connectivity index (χ3n) is 5.30. The first-order valence-electron chi connectivity index (χ1n) is 10.6. The third-order valence-corrected chi connectivity index (χ3v) is 6.22. The fourth-order valence-corrected chi connectivity index (χ4v) is 4.42. The predicted octanol–water partition coefficient (Wildman–Crippen LogP) is 4.48. The lowest BCUT2D eigenvalue weighted by atomic mass is 10.0. The Bertz CT molecular complexity index is 1190. The number of methoxy groups -OCH3 is 2. The molecule has 34 heavy (non-hydrogen) atoms. The highest BCUT2D eigenvalue weighted by Gasteiger charge is 2.34. The van der Waals surface area contributed by atoms with E-state index in [-0.39, 0.29) is 24.5 Å². The normalized spacial score (nSPS) is 15.0. The van der Waals surface area contributed by atoms with E-state index in [0.29, 0.717) is 29.4 Å². The van der Waals surface area contributed by atoms with E-state index < -0.39 is 0 Å². The first-order chi connectivity index (χ1) is 16.5. The smallest absolute Gasteiger partial charge is 0.281 e. The first-order valence-corrected chi connectivity index (χ1v) is 11.5. The number of nitrogens with one attached hydrogen (secondary N) is 1. The van der Waals surface area contributed by atoms with Crippen LogP contribution in [-0.4, -0.2) is 43.4 Å². The molecule has 0 spiro atoms. The van der Waals surface area contributed by atoms with Crippen molar-refractivity contribution < 1.29 is 23.8 Å². The highest BCUT2D eigenvalue weighted by atomic mass is 32.1. The Morgan fingerprint density at radius 3 is 2.50 bits per heavy atom. The molecule has 8 nitrogen and oxygen atoms in total. The molecule has 4 rings (SSSR count). The Morgan fingerprint density at radius 2 is 1.85 bits per heavy atom. The number of ether oxygens (including phenoxy) is 3. The molecule has 0 fully saturated rings. The highest BCUT2D eigenvalue weighted by molar-refractivity contribution is 7.12. The first kappa shape index (κ1) is 23.3. The van der Waals surface area contributed by atoms with Crippen molar-refractivity contribution in [3.63, 3.8) is 0 Å². The van der Waals surface area contributed by atoms with Gasteiger partial charge in [0.15, 0.2) is 18.1 Å². The van der Waals surface area contributed by atoms with E-state index in [2.05, 4.69) is 10.4 Å². The second-order valence-corrected chi connectivity index (χ2v) is 8.54. The Hall–Kier alpha value is -3.85. The van der Waals surface area contributed by atoms with Gasteiger partial charge in [-0.15, -0.1) is 11.3 Å². The van der Waals surface area contributed by atoms with Crippen molar-refractivity contribution in [2.75, 3.05) is 26.1 Å². The quantitative estimate of drug-likeness (QED) is 0.515. The van der Waals surface area contributed by atoms with E-state index in [4.69, 9.17) is 14.2 Å². The van der Waals surface area contributed by atoms with E-state index >= 15 is 0 Å². The third kappa shape index (κ3) is 5.20. The van der Waals surface area contributed by atoms with E-state index in [1.54, 1.807) is 49.8 Å². The molecule has 1 aliphatic heterocycles. The van der Waals surface area contributed by atoms with Crippen LogP contribution >= 0.6 is 11.3 Å². The van der Waals surface area contributed by atoms with Gasteiger partial charge in [-0.25, -0.2) is 5.01 Å². The predicted molar refractivity (Wildman–Crippen MR) is 131 cm³/mol. The van der Waals surface area contributed by atoms with Crippen LogP contribution < -0.4 is 19.5 Å². The van der Waals surface area contributed by atoms with Crippen molar-refractivity contribution in [2.45, 2.75) is 19.4 Å². The van der Waals surface area contributed by atoms with Crippen molar-refractivity contribution in [3.8, 4) is 17.2 Å². The molecule has 2 heterocycles. The standard InChI is InChI=1S/C25H25N3O5S/c1-16(29)26-18-7-9-19(10-8-18)33-15-25(30)28-21(14-20(27-28)24-5-4-12-34-24)17-6-11-22(31-2)23(13-17)32-3/h4-13,21H,14-15H2,1-3H3,(H,26,29). The van der Waals surface area contributed by atoms with Gasteiger partial charge in [-0.1, -0.05) is 12.1 Å². The lowest BCUT2D eigenvalue weighted by Gasteiger charge is -2.23. The maximum Gasteiger partial charge on any atom is 0.281 e. The van der Waals surface area contributed by atoms with Crippen LogP contribution in [-0.2, 0) is 9.59 Å². The number of hydrogen-bond acceptors (Lipinski definition) is 7. The zero-order valence-corrected chi connectivity index (χ0v) is 19.9. The maximum atomic E-state index is 13.2. The second kappa shape index (κ2) is 10.4. The molecule has 1 aromatic heterocycles. The van der Waals surface area contributed by atoms with Crippen LogP contribution in [0.2, 0.25) is 0 Å². The van der Waals surface area contributed by atoms with Gasteiger partial charge in [-0.05, 0) is 53.4 Å². The topological polar surface area (TPSA) is 89.5 Å². The van der Waals surface area contributed by atoms with Gasteiger partial charge in [0, 0.05) is 19.0 Å².